The minimum absolute atomic E-state index is 0.0140. The highest BCUT2D eigenvalue weighted by molar-refractivity contribution is 6.02. The molecule has 2 heterocycles. The number of nitrogens with zero attached hydrogens (tertiary/aromatic N) is 2. The zero-order chi connectivity index (χ0) is 24.3. The number of benzene rings is 2. The van der Waals surface area contributed by atoms with E-state index < -0.39 is 23.6 Å². The van der Waals surface area contributed by atoms with Gasteiger partial charge in [0.1, 0.15) is 0 Å². The minimum Gasteiger partial charge on any atom is -0.433 e. The number of rotatable bonds is 8. The molecule has 3 aromatic rings. The molecular formula is C24H25N5O5. The van der Waals surface area contributed by atoms with Crippen LogP contribution in [0.15, 0.2) is 54.6 Å². The van der Waals surface area contributed by atoms with E-state index in [1.807, 2.05) is 30.3 Å². The number of nitrogens with two attached hydrogens (primary N) is 1. The van der Waals surface area contributed by atoms with E-state index in [1.165, 1.54) is 11.8 Å². The van der Waals surface area contributed by atoms with Crippen molar-refractivity contribution in [2.24, 2.45) is 5.73 Å². The fourth-order valence-electron chi connectivity index (χ4n) is 4.22. The van der Waals surface area contributed by atoms with Gasteiger partial charge in [0.2, 0.25) is 11.8 Å². The van der Waals surface area contributed by atoms with Gasteiger partial charge in [-0.3, -0.25) is 24.4 Å². The number of fused-ring (bicyclic) bond motifs is 1. The third-order valence-corrected chi connectivity index (χ3v) is 5.90. The summed E-state index contributed by atoms with van der Waals surface area (Å²) in [6.45, 7) is 1.40. The SMILES string of the molecule is C[C@](Cc1[nH]nc2ccccc12)(OC(N)=O)C(=O)NCC(c1ccccc1)N1C(=O)CCC1=O. The monoisotopic (exact) mass is 463 g/mol. The molecule has 1 aromatic heterocycles. The quantitative estimate of drug-likeness (QED) is 0.435. The third-order valence-electron chi connectivity index (χ3n) is 5.90. The molecule has 0 radical (unpaired) electrons. The van der Waals surface area contributed by atoms with Crippen LogP contribution in [0, 0.1) is 0 Å². The number of likely N-dealkylation sites (tertiary alicyclic amines) is 1. The van der Waals surface area contributed by atoms with Crippen molar-refractivity contribution < 1.29 is 23.9 Å². The largest absolute Gasteiger partial charge is 0.433 e. The Balaban J connectivity index is 1.58. The fourth-order valence-corrected chi connectivity index (χ4v) is 4.22. The van der Waals surface area contributed by atoms with Crippen molar-refractivity contribution >= 4 is 34.7 Å². The standard InChI is InChI=1S/C24H25N5O5/c1-24(34-23(25)33,13-18-16-9-5-6-10-17(16)27-28-18)22(32)26-14-19(15-7-3-2-4-8-15)29-20(30)11-12-21(29)31/h2-10,19H,11-14H2,1H3,(H2,25,33)(H,26,32)(H,27,28)/t19?,24-/m1/s1. The summed E-state index contributed by atoms with van der Waals surface area (Å²) in [5.41, 5.74) is 5.61. The van der Waals surface area contributed by atoms with E-state index in [9.17, 15) is 19.2 Å². The third kappa shape index (κ3) is 4.61. The first kappa shape index (κ1) is 23.0. The molecule has 2 aromatic carbocycles. The molecule has 0 saturated carbocycles. The zero-order valence-corrected chi connectivity index (χ0v) is 18.6. The maximum atomic E-state index is 13.3. The van der Waals surface area contributed by atoms with Crippen LogP contribution in [0.25, 0.3) is 10.9 Å². The van der Waals surface area contributed by atoms with Crippen molar-refractivity contribution in [2.45, 2.75) is 37.8 Å². The molecule has 10 nitrogen and oxygen atoms in total. The Hall–Kier alpha value is -4.21. The van der Waals surface area contributed by atoms with Gasteiger partial charge in [0, 0.05) is 36.9 Å². The van der Waals surface area contributed by atoms with Gasteiger partial charge < -0.3 is 15.8 Å². The summed E-state index contributed by atoms with van der Waals surface area (Å²) in [4.78, 5) is 51.0. The van der Waals surface area contributed by atoms with Crippen LogP contribution in [0.4, 0.5) is 4.79 Å². The molecule has 1 aliphatic heterocycles. The number of hydrogen-bond donors (Lipinski definition) is 3. The minimum atomic E-state index is -1.67. The predicted octanol–water partition coefficient (Wildman–Crippen LogP) is 1.97. The number of aromatic amines is 1. The molecule has 4 amide bonds. The van der Waals surface area contributed by atoms with Crippen LogP contribution in [-0.2, 0) is 25.5 Å². The van der Waals surface area contributed by atoms with Crippen molar-refractivity contribution in [3.05, 3.63) is 65.9 Å². The van der Waals surface area contributed by atoms with Crippen LogP contribution in [0.1, 0.15) is 37.1 Å². The van der Waals surface area contributed by atoms with Crippen LogP contribution in [-0.4, -0.2) is 51.1 Å². The van der Waals surface area contributed by atoms with Crippen LogP contribution in [0.2, 0.25) is 0 Å². The summed E-state index contributed by atoms with van der Waals surface area (Å²) < 4.78 is 5.26. The van der Waals surface area contributed by atoms with Crippen LogP contribution < -0.4 is 11.1 Å². The van der Waals surface area contributed by atoms with Crippen LogP contribution in [0.5, 0.6) is 0 Å². The average molecular weight is 463 g/mol. The smallest absolute Gasteiger partial charge is 0.405 e. The lowest BCUT2D eigenvalue weighted by Crippen LogP contribution is -2.52. The van der Waals surface area contributed by atoms with Gasteiger partial charge in [-0.05, 0) is 18.6 Å². The van der Waals surface area contributed by atoms with Gasteiger partial charge in [0.25, 0.3) is 5.91 Å². The molecule has 176 valence electrons. The van der Waals surface area contributed by atoms with Crippen LogP contribution in [0.3, 0.4) is 0 Å². The molecule has 0 bridgehead atoms. The van der Waals surface area contributed by atoms with Gasteiger partial charge in [-0.2, -0.15) is 5.10 Å². The first-order valence-electron chi connectivity index (χ1n) is 10.9. The Kier molecular flexibility index (Phi) is 6.31. The molecule has 4 rings (SSSR count). The maximum Gasteiger partial charge on any atom is 0.405 e. The van der Waals surface area contributed by atoms with Crippen LogP contribution >= 0.6 is 0 Å². The number of carbonyl (C=O) groups is 4. The second-order valence-corrected chi connectivity index (χ2v) is 8.34. The lowest BCUT2D eigenvalue weighted by Gasteiger charge is -2.30. The normalized spacial score (nSPS) is 16.3. The van der Waals surface area contributed by atoms with Crippen molar-refractivity contribution in [3.8, 4) is 0 Å². The number of nitrogens with one attached hydrogen (secondary N) is 2. The number of imide groups is 1. The number of primary amides is 1. The molecule has 1 unspecified atom stereocenters. The topological polar surface area (TPSA) is 147 Å². The van der Waals surface area contributed by atoms with Gasteiger partial charge in [0.05, 0.1) is 11.6 Å². The average Bonchev–Trinajstić information content (AvgIpc) is 3.37. The van der Waals surface area contributed by atoms with Gasteiger partial charge in [-0.25, -0.2) is 4.79 Å². The predicted molar refractivity (Wildman–Crippen MR) is 122 cm³/mol. The molecule has 2 atom stereocenters. The lowest BCUT2D eigenvalue weighted by atomic mass is 9.96. The molecule has 10 heteroatoms. The molecule has 1 aliphatic rings. The highest BCUT2D eigenvalue weighted by Gasteiger charge is 2.40. The number of hydrogen-bond acceptors (Lipinski definition) is 6. The van der Waals surface area contributed by atoms with Gasteiger partial charge in [-0.1, -0.05) is 48.5 Å². The number of ether oxygens (including phenoxy) is 1. The van der Waals surface area contributed by atoms with E-state index in [2.05, 4.69) is 15.5 Å². The molecule has 4 N–H and O–H groups in total. The van der Waals surface area contributed by atoms with Crippen molar-refractivity contribution in [1.82, 2.24) is 20.4 Å². The maximum absolute atomic E-state index is 13.3. The van der Waals surface area contributed by atoms with E-state index in [0.29, 0.717) is 16.8 Å². The van der Waals surface area contributed by atoms with Crippen molar-refractivity contribution in [2.75, 3.05) is 6.54 Å². The van der Waals surface area contributed by atoms with E-state index in [4.69, 9.17) is 10.5 Å². The fraction of sp³-hybridized carbons (Fsp3) is 0.292. The summed E-state index contributed by atoms with van der Waals surface area (Å²) in [5.74, 6) is -1.22. The zero-order valence-electron chi connectivity index (χ0n) is 18.6. The molecule has 1 saturated heterocycles. The van der Waals surface area contributed by atoms with E-state index in [-0.39, 0.29) is 37.6 Å². The van der Waals surface area contributed by atoms with E-state index >= 15 is 0 Å². The summed E-state index contributed by atoms with van der Waals surface area (Å²) in [7, 11) is 0. The first-order chi connectivity index (χ1) is 16.3. The summed E-state index contributed by atoms with van der Waals surface area (Å²) >= 11 is 0. The number of aromatic nitrogens is 2. The van der Waals surface area contributed by atoms with Crippen molar-refractivity contribution in [3.63, 3.8) is 0 Å². The second-order valence-electron chi connectivity index (χ2n) is 8.34. The Labute approximate surface area is 195 Å². The second kappa shape index (κ2) is 9.34. The first-order valence-corrected chi connectivity index (χ1v) is 10.9. The lowest BCUT2D eigenvalue weighted by molar-refractivity contribution is -0.143. The molecular weight excluding hydrogens is 438 g/mol. The molecule has 0 aliphatic carbocycles. The molecule has 34 heavy (non-hydrogen) atoms. The van der Waals surface area contributed by atoms with Gasteiger partial charge in [-0.15, -0.1) is 0 Å². The summed E-state index contributed by atoms with van der Waals surface area (Å²) in [5, 5.41) is 10.6. The van der Waals surface area contributed by atoms with Gasteiger partial charge >= 0.3 is 6.09 Å². The van der Waals surface area contributed by atoms with Crippen molar-refractivity contribution in [1.29, 1.82) is 0 Å². The number of H-pyrrole nitrogens is 1. The van der Waals surface area contributed by atoms with Gasteiger partial charge in [0.15, 0.2) is 5.60 Å². The van der Waals surface area contributed by atoms with E-state index in [1.54, 1.807) is 24.3 Å². The number of carbonyl (C=O) groups excluding carboxylic acids is 4. The van der Waals surface area contributed by atoms with E-state index in [0.717, 1.165) is 5.39 Å². The number of amides is 4. The highest BCUT2D eigenvalue weighted by atomic mass is 16.6. The molecule has 0 spiro atoms. The Morgan fingerprint density at radius 3 is 2.44 bits per heavy atom. The Morgan fingerprint density at radius 1 is 1.12 bits per heavy atom. The summed E-state index contributed by atoms with van der Waals surface area (Å²) in [6, 6.07) is 15.6. The summed E-state index contributed by atoms with van der Waals surface area (Å²) in [6.07, 6.45) is -0.859. The molecule has 1 fully saturated rings. The Morgan fingerprint density at radius 2 is 1.76 bits per heavy atom. The Bertz CT molecular complexity index is 1220. The highest BCUT2D eigenvalue weighted by Crippen LogP contribution is 2.28. The number of para-hydroxylation sites is 1.